The molecule has 0 aromatic heterocycles. The van der Waals surface area contributed by atoms with E-state index in [1.54, 1.807) is 13.8 Å². The summed E-state index contributed by atoms with van der Waals surface area (Å²) < 4.78 is 54.3. The third kappa shape index (κ3) is 4.08. The van der Waals surface area contributed by atoms with Crippen LogP contribution in [0.25, 0.3) is 0 Å². The van der Waals surface area contributed by atoms with Gasteiger partial charge < -0.3 is 0 Å². The maximum absolute atomic E-state index is 12.4. The number of benzene rings is 1. The fourth-order valence-corrected chi connectivity index (χ4v) is 5.33. The molecule has 1 aliphatic heterocycles. The maximum atomic E-state index is 12.4. The molecule has 0 saturated heterocycles. The fourth-order valence-electron chi connectivity index (χ4n) is 2.26. The molecule has 0 aliphatic carbocycles. The molecule has 24 heavy (non-hydrogen) atoms. The van der Waals surface area contributed by atoms with Crippen LogP contribution in [0.4, 0.5) is 5.69 Å². The molecule has 0 unspecified atom stereocenters. The van der Waals surface area contributed by atoms with Crippen LogP contribution in [-0.4, -0.2) is 28.7 Å². The number of nitrogens with zero attached hydrogens (tertiary/aromatic N) is 1. The molecule has 1 aromatic carbocycles. The van der Waals surface area contributed by atoms with E-state index in [-0.39, 0.29) is 32.5 Å². The van der Waals surface area contributed by atoms with Gasteiger partial charge in [-0.25, -0.2) is 26.6 Å². The van der Waals surface area contributed by atoms with Crippen LogP contribution in [0, 0.1) is 5.92 Å². The summed E-state index contributed by atoms with van der Waals surface area (Å²) >= 11 is 6.07. The number of amidine groups is 1. The summed E-state index contributed by atoms with van der Waals surface area (Å²) in [6, 6.07) is 1.96. The molecular formula is C14H20ClN3O4S2. The van der Waals surface area contributed by atoms with Crippen LogP contribution in [0.5, 0.6) is 0 Å². The van der Waals surface area contributed by atoms with Gasteiger partial charge in [0.2, 0.25) is 10.0 Å². The van der Waals surface area contributed by atoms with Crippen molar-refractivity contribution in [3.05, 3.63) is 17.2 Å². The first-order valence-corrected chi connectivity index (χ1v) is 10.7. The molecule has 0 radical (unpaired) electrons. The topological polar surface area (TPSA) is 105 Å². The van der Waals surface area contributed by atoms with Gasteiger partial charge in [-0.2, -0.15) is 0 Å². The Hall–Kier alpha value is -1.16. The molecule has 0 amide bonds. The van der Waals surface area contributed by atoms with Crippen molar-refractivity contribution in [3.8, 4) is 0 Å². The average Bonchev–Trinajstić information content (AvgIpc) is 2.33. The highest BCUT2D eigenvalue weighted by molar-refractivity contribution is 7.91. The molecule has 0 atom stereocenters. The molecule has 2 N–H and O–H groups in total. The monoisotopic (exact) mass is 393 g/mol. The molecule has 7 nitrogen and oxygen atoms in total. The number of rotatable bonds is 5. The van der Waals surface area contributed by atoms with E-state index in [2.05, 4.69) is 14.4 Å². The Morgan fingerprint density at radius 3 is 2.42 bits per heavy atom. The standard InChI is InChI=1S/C14H20ClN3O4S2/c1-8(2)5-14-16-11-6-10(15)12(23(19,20)17-9(3)4)7-13(11)24(21,22)18-14/h6-9,17H,5H2,1-4H3,(H,16,18). The van der Waals surface area contributed by atoms with Crippen LogP contribution in [0.15, 0.2) is 26.9 Å². The number of halogens is 1. The summed E-state index contributed by atoms with van der Waals surface area (Å²) in [6.45, 7) is 7.19. The van der Waals surface area contributed by atoms with Crippen molar-refractivity contribution in [2.75, 3.05) is 0 Å². The zero-order valence-corrected chi connectivity index (χ0v) is 16.2. The minimum Gasteiger partial charge on any atom is -0.267 e. The number of fused-ring (bicyclic) bond motifs is 1. The smallest absolute Gasteiger partial charge is 0.265 e. The number of hydrogen-bond donors (Lipinski definition) is 2. The molecule has 0 fully saturated rings. The fraction of sp³-hybridized carbons (Fsp3) is 0.500. The van der Waals surface area contributed by atoms with Crippen LogP contribution < -0.4 is 9.44 Å². The first-order valence-electron chi connectivity index (χ1n) is 7.38. The summed E-state index contributed by atoms with van der Waals surface area (Å²) in [5.74, 6) is 0.517. The van der Waals surface area contributed by atoms with Gasteiger partial charge in [0.05, 0.1) is 10.7 Å². The number of aliphatic imine (C=N–C) groups is 1. The van der Waals surface area contributed by atoms with E-state index in [9.17, 15) is 16.8 Å². The molecule has 10 heteroatoms. The lowest BCUT2D eigenvalue weighted by atomic mass is 10.1. The zero-order valence-electron chi connectivity index (χ0n) is 13.8. The van der Waals surface area contributed by atoms with Gasteiger partial charge >= 0.3 is 0 Å². The second kappa shape index (κ2) is 6.62. The Kier molecular flexibility index (Phi) is 5.29. The van der Waals surface area contributed by atoms with E-state index in [4.69, 9.17) is 11.6 Å². The predicted molar refractivity (Wildman–Crippen MR) is 93.8 cm³/mol. The van der Waals surface area contributed by atoms with Crippen molar-refractivity contribution in [1.29, 1.82) is 0 Å². The molecule has 0 bridgehead atoms. The Labute approximate surface area is 147 Å². The van der Waals surface area contributed by atoms with Gasteiger partial charge in [-0.1, -0.05) is 25.4 Å². The zero-order chi connectivity index (χ0) is 18.3. The second-order valence-electron chi connectivity index (χ2n) is 6.29. The highest BCUT2D eigenvalue weighted by atomic mass is 35.5. The van der Waals surface area contributed by atoms with Crippen molar-refractivity contribution in [2.24, 2.45) is 10.9 Å². The van der Waals surface area contributed by atoms with Crippen molar-refractivity contribution in [1.82, 2.24) is 9.44 Å². The van der Waals surface area contributed by atoms with Gasteiger partial charge in [-0.05, 0) is 31.9 Å². The van der Waals surface area contributed by atoms with Gasteiger partial charge in [0.25, 0.3) is 10.0 Å². The highest BCUT2D eigenvalue weighted by Crippen LogP contribution is 2.35. The van der Waals surface area contributed by atoms with Crippen LogP contribution in [-0.2, 0) is 20.0 Å². The van der Waals surface area contributed by atoms with E-state index >= 15 is 0 Å². The normalized spacial score (nSPS) is 16.7. The van der Waals surface area contributed by atoms with Crippen molar-refractivity contribution in [3.63, 3.8) is 0 Å². The third-order valence-corrected chi connectivity index (χ3v) is 6.63. The summed E-state index contributed by atoms with van der Waals surface area (Å²) in [7, 11) is -7.83. The molecule has 1 heterocycles. The minimum atomic E-state index is -3.93. The predicted octanol–water partition coefficient (Wildman–Crippen LogP) is 2.39. The van der Waals surface area contributed by atoms with Gasteiger partial charge in [0.15, 0.2) is 0 Å². The lowest BCUT2D eigenvalue weighted by molar-refractivity contribution is 0.569. The molecule has 134 valence electrons. The van der Waals surface area contributed by atoms with Gasteiger partial charge in [0, 0.05) is 12.5 Å². The molecule has 1 aliphatic rings. The van der Waals surface area contributed by atoms with Crippen molar-refractivity contribution in [2.45, 2.75) is 49.9 Å². The Bertz CT molecular complexity index is 891. The Morgan fingerprint density at radius 2 is 1.88 bits per heavy atom. The third-order valence-electron chi connectivity index (χ3n) is 3.09. The van der Waals surface area contributed by atoms with Crippen molar-refractivity contribution < 1.29 is 16.8 Å². The average molecular weight is 394 g/mol. The van der Waals surface area contributed by atoms with E-state index < -0.39 is 20.0 Å². The van der Waals surface area contributed by atoms with E-state index in [0.717, 1.165) is 6.07 Å². The summed E-state index contributed by atoms with van der Waals surface area (Å²) in [5.41, 5.74) is 0.137. The number of nitrogens with one attached hydrogen (secondary N) is 2. The first-order chi connectivity index (χ1) is 10.9. The van der Waals surface area contributed by atoms with Crippen LogP contribution in [0.3, 0.4) is 0 Å². The lowest BCUT2D eigenvalue weighted by Gasteiger charge is -2.20. The highest BCUT2D eigenvalue weighted by Gasteiger charge is 2.30. The van der Waals surface area contributed by atoms with E-state index in [1.807, 2.05) is 13.8 Å². The Balaban J connectivity index is 2.61. The van der Waals surface area contributed by atoms with Crippen LogP contribution in [0.2, 0.25) is 5.02 Å². The number of hydrogen-bond acceptors (Lipinski definition) is 5. The summed E-state index contributed by atoms with van der Waals surface area (Å²) in [4.78, 5) is 3.76. The molecule has 0 saturated carbocycles. The molecule has 0 spiro atoms. The van der Waals surface area contributed by atoms with E-state index in [0.29, 0.717) is 12.3 Å². The van der Waals surface area contributed by atoms with Crippen molar-refractivity contribution >= 4 is 43.2 Å². The van der Waals surface area contributed by atoms with Gasteiger partial charge in [0.1, 0.15) is 15.6 Å². The maximum Gasteiger partial charge on any atom is 0.265 e. The lowest BCUT2D eigenvalue weighted by Crippen LogP contribution is -2.35. The SMILES string of the molecule is CC(C)CC1=Nc2cc(Cl)c(S(=O)(=O)NC(C)C)cc2S(=O)(=O)N1. The quantitative estimate of drug-likeness (QED) is 0.801. The largest absolute Gasteiger partial charge is 0.267 e. The van der Waals surface area contributed by atoms with Crippen LogP contribution in [0.1, 0.15) is 34.1 Å². The van der Waals surface area contributed by atoms with Gasteiger partial charge in [-0.3, -0.25) is 4.72 Å². The first kappa shape index (κ1) is 19.2. The van der Waals surface area contributed by atoms with Crippen LogP contribution >= 0.6 is 11.6 Å². The van der Waals surface area contributed by atoms with E-state index in [1.165, 1.54) is 6.07 Å². The second-order valence-corrected chi connectivity index (χ2v) is 10.0. The summed E-state index contributed by atoms with van der Waals surface area (Å²) in [6.07, 6.45) is 0.450. The van der Waals surface area contributed by atoms with Gasteiger partial charge in [-0.15, -0.1) is 0 Å². The molecule has 2 rings (SSSR count). The number of sulfonamides is 2. The molecular weight excluding hydrogens is 374 g/mol. The minimum absolute atomic E-state index is 0.0772. The molecule has 1 aromatic rings. The Morgan fingerprint density at radius 1 is 1.25 bits per heavy atom. The summed E-state index contributed by atoms with van der Waals surface area (Å²) in [5, 5.41) is -0.0772.